The van der Waals surface area contributed by atoms with Crippen LogP contribution in [0.2, 0.25) is 0 Å². The van der Waals surface area contributed by atoms with Gasteiger partial charge in [-0.1, -0.05) is 29.5 Å². The molecular weight excluding hydrogens is 238 g/mol. The van der Waals surface area contributed by atoms with Gasteiger partial charge in [0, 0.05) is 5.69 Å². The monoisotopic (exact) mass is 251 g/mol. The molecule has 0 aliphatic rings. The van der Waals surface area contributed by atoms with E-state index in [1.54, 1.807) is 6.92 Å². The normalized spacial score (nSPS) is 9.24. The molecule has 6 heteroatoms. The number of hydrogen-bond acceptors (Lipinski definition) is 5. The van der Waals surface area contributed by atoms with E-state index in [1.165, 1.54) is 0 Å². The van der Waals surface area contributed by atoms with Crippen molar-refractivity contribution in [1.29, 1.82) is 0 Å². The fourth-order valence-electron chi connectivity index (χ4n) is 1.07. The number of thiazole rings is 1. The van der Waals surface area contributed by atoms with Gasteiger partial charge in [-0.25, -0.2) is 9.78 Å². The number of hydrogen-bond donors (Lipinski definition) is 3. The van der Waals surface area contributed by atoms with Crippen LogP contribution >= 0.6 is 11.3 Å². The molecule has 2 rings (SSSR count). The number of carboxylic acids is 1. The third kappa shape index (κ3) is 4.12. The maximum atomic E-state index is 10.3. The molecular formula is C11H13N3O2S. The SMILES string of the molecule is Cc1nc(N)sc1C(=O)O.Nc1ccccc1. The number of nitrogens with two attached hydrogens (primary N) is 2. The Morgan fingerprint density at radius 3 is 2.12 bits per heavy atom. The minimum absolute atomic E-state index is 0.220. The fourth-order valence-corrected chi connectivity index (χ4v) is 1.74. The number of nitrogen functional groups attached to an aromatic ring is 2. The van der Waals surface area contributed by atoms with Crippen LogP contribution in [0.3, 0.4) is 0 Å². The summed E-state index contributed by atoms with van der Waals surface area (Å²) < 4.78 is 0. The molecule has 0 saturated heterocycles. The molecule has 1 heterocycles. The summed E-state index contributed by atoms with van der Waals surface area (Å²) in [4.78, 5) is 14.3. The molecule has 1 aromatic carbocycles. The van der Waals surface area contributed by atoms with Crippen LogP contribution < -0.4 is 11.5 Å². The van der Waals surface area contributed by atoms with Gasteiger partial charge in [0.2, 0.25) is 0 Å². The third-order valence-electron chi connectivity index (χ3n) is 1.81. The van der Waals surface area contributed by atoms with Crippen molar-refractivity contribution in [2.45, 2.75) is 6.92 Å². The van der Waals surface area contributed by atoms with Crippen molar-refractivity contribution in [1.82, 2.24) is 4.98 Å². The summed E-state index contributed by atoms with van der Waals surface area (Å²) in [7, 11) is 0. The minimum atomic E-state index is -0.966. The zero-order valence-corrected chi connectivity index (χ0v) is 10.1. The Morgan fingerprint density at radius 1 is 1.29 bits per heavy atom. The number of aryl methyl sites for hydroxylation is 1. The highest BCUT2D eigenvalue weighted by atomic mass is 32.1. The van der Waals surface area contributed by atoms with Crippen LogP contribution in [-0.2, 0) is 0 Å². The van der Waals surface area contributed by atoms with Gasteiger partial charge in [0.25, 0.3) is 0 Å². The summed E-state index contributed by atoms with van der Waals surface area (Å²) in [6, 6.07) is 9.49. The van der Waals surface area contributed by atoms with Crippen molar-refractivity contribution in [3.05, 3.63) is 40.9 Å². The molecule has 0 saturated carbocycles. The van der Waals surface area contributed by atoms with Crippen molar-refractivity contribution in [2.24, 2.45) is 0 Å². The molecule has 5 nitrogen and oxygen atoms in total. The van der Waals surface area contributed by atoms with Crippen molar-refractivity contribution in [3.8, 4) is 0 Å². The van der Waals surface area contributed by atoms with Crippen molar-refractivity contribution in [2.75, 3.05) is 11.5 Å². The summed E-state index contributed by atoms with van der Waals surface area (Å²) in [6.07, 6.45) is 0. The van der Waals surface area contributed by atoms with Crippen LogP contribution in [-0.4, -0.2) is 16.1 Å². The van der Waals surface area contributed by atoms with E-state index in [9.17, 15) is 4.79 Å². The molecule has 0 aliphatic carbocycles. The van der Waals surface area contributed by atoms with Crippen LogP contribution in [0.25, 0.3) is 0 Å². The predicted octanol–water partition coefficient (Wildman–Crippen LogP) is 2.00. The molecule has 1 aromatic heterocycles. The maximum absolute atomic E-state index is 10.3. The molecule has 0 aliphatic heterocycles. The minimum Gasteiger partial charge on any atom is -0.477 e. The van der Waals surface area contributed by atoms with Gasteiger partial charge in [0.1, 0.15) is 4.88 Å². The second-order valence-electron chi connectivity index (χ2n) is 3.18. The van der Waals surface area contributed by atoms with E-state index in [4.69, 9.17) is 16.6 Å². The zero-order chi connectivity index (χ0) is 12.8. The maximum Gasteiger partial charge on any atom is 0.347 e. The lowest BCUT2D eigenvalue weighted by Crippen LogP contribution is -1.94. The molecule has 0 atom stereocenters. The number of aromatic nitrogens is 1. The Labute approximate surface area is 103 Å². The fraction of sp³-hybridized carbons (Fsp3) is 0.0909. The van der Waals surface area contributed by atoms with E-state index in [2.05, 4.69) is 4.98 Å². The predicted molar refractivity (Wildman–Crippen MR) is 69.1 cm³/mol. The highest BCUT2D eigenvalue weighted by Crippen LogP contribution is 2.18. The Morgan fingerprint density at radius 2 is 1.88 bits per heavy atom. The number of nitrogens with zero attached hydrogens (tertiary/aromatic N) is 1. The van der Waals surface area contributed by atoms with E-state index < -0.39 is 5.97 Å². The Hall–Kier alpha value is -2.08. The molecule has 2 aromatic rings. The van der Waals surface area contributed by atoms with Crippen molar-refractivity contribution in [3.63, 3.8) is 0 Å². The largest absolute Gasteiger partial charge is 0.477 e. The van der Waals surface area contributed by atoms with E-state index in [-0.39, 0.29) is 4.88 Å². The molecule has 0 fully saturated rings. The summed E-state index contributed by atoms with van der Waals surface area (Å²) >= 11 is 0.990. The summed E-state index contributed by atoms with van der Waals surface area (Å²) in [5.41, 5.74) is 11.9. The lowest BCUT2D eigenvalue weighted by atomic mass is 10.3. The molecule has 90 valence electrons. The quantitative estimate of drug-likeness (QED) is 0.673. The van der Waals surface area contributed by atoms with Crippen LogP contribution in [0.1, 0.15) is 15.4 Å². The number of anilines is 2. The number of carboxylic acid groups (broad SMARTS) is 1. The molecule has 0 bridgehead atoms. The first kappa shape index (κ1) is 13.0. The average molecular weight is 251 g/mol. The average Bonchev–Trinajstić information content (AvgIpc) is 2.60. The molecule has 0 amide bonds. The Kier molecular flexibility index (Phi) is 4.47. The van der Waals surface area contributed by atoms with Crippen LogP contribution in [0.4, 0.5) is 10.8 Å². The first-order chi connectivity index (χ1) is 8.00. The molecule has 0 spiro atoms. The molecule has 0 unspecified atom stereocenters. The molecule has 17 heavy (non-hydrogen) atoms. The Balaban J connectivity index is 0.000000181. The first-order valence-corrected chi connectivity index (χ1v) is 5.59. The number of aromatic carboxylic acids is 1. The zero-order valence-electron chi connectivity index (χ0n) is 9.25. The number of benzene rings is 1. The van der Waals surface area contributed by atoms with Crippen LogP contribution in [0.15, 0.2) is 30.3 Å². The summed E-state index contributed by atoms with van der Waals surface area (Å²) in [5.74, 6) is -0.966. The lowest BCUT2D eigenvalue weighted by molar-refractivity contribution is 0.0701. The number of para-hydroxylation sites is 1. The van der Waals surface area contributed by atoms with Crippen molar-refractivity contribution >= 4 is 28.1 Å². The van der Waals surface area contributed by atoms with Gasteiger partial charge in [0.15, 0.2) is 5.13 Å². The van der Waals surface area contributed by atoms with Gasteiger partial charge in [-0.15, -0.1) is 0 Å². The van der Waals surface area contributed by atoms with Crippen LogP contribution in [0.5, 0.6) is 0 Å². The highest BCUT2D eigenvalue weighted by Gasteiger charge is 2.11. The second-order valence-corrected chi connectivity index (χ2v) is 4.21. The Bertz CT molecular complexity index is 497. The third-order valence-corrected chi connectivity index (χ3v) is 2.78. The molecule has 0 radical (unpaired) electrons. The van der Waals surface area contributed by atoms with Gasteiger partial charge in [-0.05, 0) is 19.1 Å². The summed E-state index contributed by atoms with van der Waals surface area (Å²) in [6.45, 7) is 1.62. The topological polar surface area (TPSA) is 102 Å². The smallest absolute Gasteiger partial charge is 0.347 e. The number of rotatable bonds is 1. The van der Waals surface area contributed by atoms with Crippen LogP contribution in [0, 0.1) is 6.92 Å². The second kappa shape index (κ2) is 5.86. The van der Waals surface area contributed by atoms with Gasteiger partial charge >= 0.3 is 5.97 Å². The first-order valence-electron chi connectivity index (χ1n) is 4.77. The standard InChI is InChI=1S/C6H7N.C5H6N2O2S/c7-6-4-2-1-3-5-6;1-2-3(4(8)9)10-5(6)7-2/h1-5H,7H2;1H3,(H2,6,7)(H,8,9). The van der Waals surface area contributed by atoms with Gasteiger partial charge in [-0.3, -0.25) is 0 Å². The van der Waals surface area contributed by atoms with Gasteiger partial charge < -0.3 is 16.6 Å². The van der Waals surface area contributed by atoms with Gasteiger partial charge in [-0.2, -0.15) is 0 Å². The van der Waals surface area contributed by atoms with Gasteiger partial charge in [0.05, 0.1) is 5.69 Å². The lowest BCUT2D eigenvalue weighted by Gasteiger charge is -1.84. The van der Waals surface area contributed by atoms with E-state index >= 15 is 0 Å². The molecule has 5 N–H and O–H groups in total. The van der Waals surface area contributed by atoms with E-state index in [0.29, 0.717) is 10.8 Å². The van der Waals surface area contributed by atoms with E-state index in [1.807, 2.05) is 30.3 Å². The summed E-state index contributed by atoms with van der Waals surface area (Å²) in [5, 5.41) is 8.79. The van der Waals surface area contributed by atoms with Crippen molar-refractivity contribution < 1.29 is 9.90 Å². The number of carbonyl (C=O) groups is 1. The van der Waals surface area contributed by atoms with E-state index in [0.717, 1.165) is 17.0 Å². The highest BCUT2D eigenvalue weighted by molar-refractivity contribution is 7.17.